The molecule has 3 aliphatic rings. The summed E-state index contributed by atoms with van der Waals surface area (Å²) in [5, 5.41) is 102. The van der Waals surface area contributed by atoms with Crippen LogP contribution >= 0.6 is 0 Å². The zero-order chi connectivity index (χ0) is 27.6. The van der Waals surface area contributed by atoms with Crippen molar-refractivity contribution >= 4 is 5.91 Å². The van der Waals surface area contributed by atoms with Gasteiger partial charge in [-0.25, -0.2) is 0 Å². The summed E-state index contributed by atoms with van der Waals surface area (Å²) >= 11 is 0. The Bertz CT molecular complexity index is 747. The second kappa shape index (κ2) is 12.8. The van der Waals surface area contributed by atoms with Crippen LogP contribution in [-0.2, 0) is 28.5 Å². The molecule has 216 valence electrons. The maximum Gasteiger partial charge on any atom is 0.217 e. The molecular weight excluding hydrogens is 510 g/mol. The molecule has 0 unspecified atom stereocenters. The average molecular weight is 545 g/mol. The highest BCUT2D eigenvalue weighted by Crippen LogP contribution is 2.30. The number of carbonyl (C=O) groups excluding carboxylic acids is 1. The van der Waals surface area contributed by atoms with E-state index in [0.717, 1.165) is 6.92 Å². The van der Waals surface area contributed by atoms with Gasteiger partial charge in [0.1, 0.15) is 73.2 Å². The molecule has 17 heteroatoms. The third kappa shape index (κ3) is 6.55. The number of amides is 1. The molecule has 0 aliphatic carbocycles. The van der Waals surface area contributed by atoms with Crippen molar-refractivity contribution in [3.05, 3.63) is 0 Å². The van der Waals surface area contributed by atoms with Crippen molar-refractivity contribution in [2.24, 2.45) is 0 Å². The van der Waals surface area contributed by atoms with Crippen molar-refractivity contribution in [1.82, 2.24) is 5.32 Å². The number of rotatable bonds is 8. The first-order valence-corrected chi connectivity index (χ1v) is 11.6. The molecule has 3 fully saturated rings. The summed E-state index contributed by atoms with van der Waals surface area (Å²) in [4.78, 5) is 11.7. The van der Waals surface area contributed by atoms with Gasteiger partial charge in [-0.2, -0.15) is 0 Å². The predicted molar refractivity (Wildman–Crippen MR) is 113 cm³/mol. The quantitative estimate of drug-likeness (QED) is 0.135. The molecule has 3 rings (SSSR count). The number of nitrogens with one attached hydrogen (secondary N) is 1. The van der Waals surface area contributed by atoms with Gasteiger partial charge in [0.15, 0.2) is 18.9 Å². The van der Waals surface area contributed by atoms with Gasteiger partial charge >= 0.3 is 0 Å². The minimum Gasteiger partial charge on any atom is -0.394 e. The van der Waals surface area contributed by atoms with Crippen molar-refractivity contribution in [3.8, 4) is 0 Å². The Morgan fingerprint density at radius 3 is 1.81 bits per heavy atom. The number of carbonyl (C=O) groups is 1. The van der Waals surface area contributed by atoms with Gasteiger partial charge in [-0.15, -0.1) is 0 Å². The summed E-state index contributed by atoms with van der Waals surface area (Å²) in [5.41, 5.74) is 0. The minimum atomic E-state index is -1.86. The second-order valence-corrected chi connectivity index (χ2v) is 9.11. The fourth-order valence-electron chi connectivity index (χ4n) is 4.34. The molecule has 0 aromatic heterocycles. The lowest BCUT2D eigenvalue weighted by Crippen LogP contribution is -2.67. The lowest BCUT2D eigenvalue weighted by molar-refractivity contribution is -0.362. The highest BCUT2D eigenvalue weighted by atomic mass is 16.8. The van der Waals surface area contributed by atoms with Crippen molar-refractivity contribution in [3.63, 3.8) is 0 Å². The summed E-state index contributed by atoms with van der Waals surface area (Å²) in [6.45, 7) is -1.02. The molecule has 3 heterocycles. The third-order valence-corrected chi connectivity index (χ3v) is 6.48. The van der Waals surface area contributed by atoms with Crippen LogP contribution in [0.15, 0.2) is 0 Å². The van der Waals surface area contributed by atoms with Gasteiger partial charge in [-0.3, -0.25) is 4.79 Å². The molecule has 37 heavy (non-hydrogen) atoms. The zero-order valence-electron chi connectivity index (χ0n) is 19.7. The van der Waals surface area contributed by atoms with Crippen LogP contribution in [0.1, 0.15) is 6.92 Å². The van der Waals surface area contributed by atoms with Crippen LogP contribution in [0.5, 0.6) is 0 Å². The number of hydrogen-bond acceptors (Lipinski definition) is 16. The van der Waals surface area contributed by atoms with Crippen LogP contribution in [-0.4, -0.2) is 169 Å². The van der Waals surface area contributed by atoms with Crippen LogP contribution in [0.25, 0.3) is 0 Å². The molecular formula is C20H35NO16. The Morgan fingerprint density at radius 1 is 0.703 bits per heavy atom. The molecule has 11 N–H and O–H groups in total. The first kappa shape index (κ1) is 30.4. The molecule has 0 radical (unpaired) electrons. The average Bonchev–Trinajstić information content (AvgIpc) is 2.86. The molecule has 0 saturated carbocycles. The molecule has 0 bridgehead atoms. The Labute approximate surface area is 210 Å². The molecule has 17 nitrogen and oxygen atoms in total. The smallest absolute Gasteiger partial charge is 0.217 e. The monoisotopic (exact) mass is 545 g/mol. The normalized spacial score (nSPS) is 49.0. The first-order chi connectivity index (χ1) is 17.4. The van der Waals surface area contributed by atoms with Crippen LogP contribution in [0, 0.1) is 0 Å². The highest BCUT2D eigenvalue weighted by molar-refractivity contribution is 5.73. The fraction of sp³-hybridized carbons (Fsp3) is 0.950. The Balaban J connectivity index is 1.80. The predicted octanol–water partition coefficient (Wildman–Crippen LogP) is -7.43. The van der Waals surface area contributed by atoms with E-state index in [-0.39, 0.29) is 0 Å². The molecule has 0 spiro atoms. The maximum absolute atomic E-state index is 11.7. The number of ether oxygens (including phenoxy) is 5. The van der Waals surface area contributed by atoms with Crippen molar-refractivity contribution < 1.29 is 79.5 Å². The van der Waals surface area contributed by atoms with Crippen LogP contribution in [0.4, 0.5) is 0 Å². The standard InChI is InChI=1S/C20H35NO16/c1-5(24)21-9-13(28)10(25)6(2-22)35-19(9)37-17-15(30)11(26)7(3-23)36-20(17)33-4-8-12(27)14(29)16(31)18(32)34-8/h6-20,22-23,25-32H,2-4H2,1H3,(H,21,24)/t6-,7-,8-,9-,10-,11-,12-,13-,14+,15+,16+,17+,18-,19+,20+/m1/s1. The first-order valence-electron chi connectivity index (χ1n) is 11.6. The van der Waals surface area contributed by atoms with E-state index in [4.69, 9.17) is 23.7 Å². The van der Waals surface area contributed by atoms with E-state index in [1.54, 1.807) is 0 Å². The van der Waals surface area contributed by atoms with Crippen LogP contribution < -0.4 is 5.32 Å². The van der Waals surface area contributed by atoms with Crippen molar-refractivity contribution in [1.29, 1.82) is 0 Å². The van der Waals surface area contributed by atoms with Gasteiger partial charge in [-0.05, 0) is 0 Å². The molecule has 1 amide bonds. The molecule has 15 atom stereocenters. The summed E-state index contributed by atoms with van der Waals surface area (Å²) in [7, 11) is 0. The second-order valence-electron chi connectivity index (χ2n) is 9.11. The lowest BCUT2D eigenvalue weighted by atomic mass is 9.95. The Kier molecular flexibility index (Phi) is 10.5. The molecule has 3 aliphatic heterocycles. The lowest BCUT2D eigenvalue weighted by Gasteiger charge is -2.47. The van der Waals surface area contributed by atoms with Crippen molar-refractivity contribution in [2.75, 3.05) is 19.8 Å². The van der Waals surface area contributed by atoms with Gasteiger partial charge in [0, 0.05) is 6.92 Å². The van der Waals surface area contributed by atoms with E-state index < -0.39 is 118 Å². The van der Waals surface area contributed by atoms with Crippen LogP contribution in [0.3, 0.4) is 0 Å². The highest BCUT2D eigenvalue weighted by Gasteiger charge is 2.52. The van der Waals surface area contributed by atoms with E-state index in [1.807, 2.05) is 0 Å². The summed E-state index contributed by atoms with van der Waals surface area (Å²) in [6.07, 6.45) is -23.0. The largest absolute Gasteiger partial charge is 0.394 e. The maximum atomic E-state index is 11.7. The topological polar surface area (TPSA) is 278 Å². The Morgan fingerprint density at radius 2 is 1.24 bits per heavy atom. The number of hydrogen-bond donors (Lipinski definition) is 11. The van der Waals surface area contributed by atoms with E-state index >= 15 is 0 Å². The Hall–Kier alpha value is -1.13. The molecule has 0 aromatic rings. The van der Waals surface area contributed by atoms with Gasteiger partial charge in [-0.1, -0.05) is 0 Å². The van der Waals surface area contributed by atoms with Gasteiger partial charge in [0.25, 0.3) is 0 Å². The number of aliphatic hydroxyl groups is 10. The van der Waals surface area contributed by atoms with Gasteiger partial charge in [0.2, 0.25) is 5.91 Å². The third-order valence-electron chi connectivity index (χ3n) is 6.48. The van der Waals surface area contributed by atoms with Gasteiger partial charge < -0.3 is 80.1 Å². The van der Waals surface area contributed by atoms with E-state index in [1.165, 1.54) is 0 Å². The van der Waals surface area contributed by atoms with Crippen LogP contribution in [0.2, 0.25) is 0 Å². The summed E-state index contributed by atoms with van der Waals surface area (Å²) < 4.78 is 27.2. The van der Waals surface area contributed by atoms with E-state index in [9.17, 15) is 55.9 Å². The summed E-state index contributed by atoms with van der Waals surface area (Å²) in [6, 6.07) is -1.41. The zero-order valence-corrected chi connectivity index (χ0v) is 19.7. The van der Waals surface area contributed by atoms with Crippen molar-refractivity contribution in [2.45, 2.75) is 99.0 Å². The minimum absolute atomic E-state index is 0.616. The SMILES string of the molecule is CC(=O)N[C@H]1[C@H](O[C@@H]2[C@@H](OC[C@H]3O[C@@H](O)[C@@H](O)[C@@H](O)[C@@H]3O)O[C@H](CO)[C@@H](O)[C@@H]2O)O[C@H](CO)[C@@H](O)[C@@H]1O. The van der Waals surface area contributed by atoms with E-state index in [0.29, 0.717) is 0 Å². The van der Waals surface area contributed by atoms with Gasteiger partial charge in [0.05, 0.1) is 19.8 Å². The molecule has 3 saturated heterocycles. The van der Waals surface area contributed by atoms with E-state index in [2.05, 4.69) is 5.32 Å². The summed E-state index contributed by atoms with van der Waals surface area (Å²) in [5.74, 6) is -0.646. The fourth-order valence-corrected chi connectivity index (χ4v) is 4.34. The molecule has 0 aromatic carbocycles. The number of aliphatic hydroxyl groups excluding tert-OH is 10.